The molecule has 0 spiro atoms. The molecule has 1 aromatic carbocycles. The summed E-state index contributed by atoms with van der Waals surface area (Å²) in [6.07, 6.45) is 18.9. The summed E-state index contributed by atoms with van der Waals surface area (Å²) in [6.45, 7) is 5.71. The zero-order chi connectivity index (χ0) is 19.2. The topological polar surface area (TPSA) is 17.8 Å². The van der Waals surface area contributed by atoms with Crippen LogP contribution in [0, 0.1) is 0 Å². The van der Waals surface area contributed by atoms with Crippen molar-refractivity contribution in [3.05, 3.63) is 53.6 Å². The van der Waals surface area contributed by atoms with Gasteiger partial charge in [-0.05, 0) is 37.7 Å². The lowest BCUT2D eigenvalue weighted by Crippen LogP contribution is -2.03. The minimum atomic E-state index is 1.10. The average molecular weight is 369 g/mol. The molecule has 2 heteroatoms. The fraction of sp³-hybridized carbons (Fsp3) is 0.640. The summed E-state index contributed by atoms with van der Waals surface area (Å²) in [5.74, 6) is 1.33. The highest BCUT2D eigenvalue weighted by molar-refractivity contribution is 5.15. The average Bonchev–Trinajstić information content (AvgIpc) is 3.07. The maximum atomic E-state index is 5.00. The van der Waals surface area contributed by atoms with Gasteiger partial charge in [0.15, 0.2) is 0 Å². The minimum Gasteiger partial charge on any atom is -0.335 e. The van der Waals surface area contributed by atoms with Crippen molar-refractivity contribution in [2.75, 3.05) is 0 Å². The predicted molar refractivity (Wildman–Crippen MR) is 117 cm³/mol. The van der Waals surface area contributed by atoms with E-state index in [0.717, 1.165) is 25.8 Å². The second-order valence-electron chi connectivity index (χ2n) is 7.91. The number of benzene rings is 1. The summed E-state index contributed by atoms with van der Waals surface area (Å²) >= 11 is 0. The third-order valence-corrected chi connectivity index (χ3v) is 5.41. The number of imidazole rings is 1. The molecule has 27 heavy (non-hydrogen) atoms. The largest absolute Gasteiger partial charge is 0.335 e. The Morgan fingerprint density at radius 3 is 2.19 bits per heavy atom. The van der Waals surface area contributed by atoms with Crippen LogP contribution in [0.25, 0.3) is 0 Å². The predicted octanol–water partition coefficient (Wildman–Crippen LogP) is 7.15. The van der Waals surface area contributed by atoms with Gasteiger partial charge in [0.1, 0.15) is 5.82 Å². The van der Waals surface area contributed by atoms with E-state index in [1.165, 1.54) is 81.3 Å². The van der Waals surface area contributed by atoms with E-state index in [0.29, 0.717) is 0 Å². The molecule has 0 atom stereocenters. The maximum Gasteiger partial charge on any atom is 0.108 e. The molecule has 0 bridgehead atoms. The van der Waals surface area contributed by atoms with Crippen LogP contribution in [0.15, 0.2) is 36.5 Å². The molecule has 0 saturated carbocycles. The second kappa shape index (κ2) is 13.6. The van der Waals surface area contributed by atoms with Crippen LogP contribution in [0.5, 0.6) is 0 Å². The summed E-state index contributed by atoms with van der Waals surface area (Å²) in [7, 11) is 0. The van der Waals surface area contributed by atoms with Gasteiger partial charge in [0.05, 0.1) is 5.69 Å². The van der Waals surface area contributed by atoms with E-state index in [4.69, 9.17) is 4.98 Å². The van der Waals surface area contributed by atoms with Crippen LogP contribution in [0.3, 0.4) is 0 Å². The molecule has 1 heterocycles. The van der Waals surface area contributed by atoms with Crippen molar-refractivity contribution in [1.82, 2.24) is 9.55 Å². The third-order valence-electron chi connectivity index (χ3n) is 5.41. The number of aromatic nitrogens is 2. The molecule has 0 amide bonds. The fourth-order valence-corrected chi connectivity index (χ4v) is 3.74. The van der Waals surface area contributed by atoms with Crippen molar-refractivity contribution in [2.45, 2.75) is 104 Å². The van der Waals surface area contributed by atoms with Crippen molar-refractivity contribution < 1.29 is 0 Å². The van der Waals surface area contributed by atoms with Gasteiger partial charge < -0.3 is 4.57 Å². The summed E-state index contributed by atoms with van der Waals surface area (Å²) in [5, 5.41) is 0. The quantitative estimate of drug-likeness (QED) is 0.305. The van der Waals surface area contributed by atoms with Gasteiger partial charge in [0.2, 0.25) is 0 Å². The van der Waals surface area contributed by atoms with Crippen LogP contribution in [-0.4, -0.2) is 9.55 Å². The van der Waals surface area contributed by atoms with Crippen molar-refractivity contribution >= 4 is 0 Å². The van der Waals surface area contributed by atoms with E-state index in [9.17, 15) is 0 Å². The molecule has 2 nitrogen and oxygen atoms in total. The van der Waals surface area contributed by atoms with Crippen molar-refractivity contribution in [2.24, 2.45) is 0 Å². The Balaban J connectivity index is 1.82. The molecule has 0 unspecified atom stereocenters. The zero-order valence-electron chi connectivity index (χ0n) is 17.8. The first-order valence-corrected chi connectivity index (χ1v) is 11.4. The van der Waals surface area contributed by atoms with Crippen LogP contribution in [-0.2, 0) is 25.8 Å². The molecular weight excluding hydrogens is 328 g/mol. The van der Waals surface area contributed by atoms with E-state index in [1.54, 1.807) is 0 Å². The van der Waals surface area contributed by atoms with E-state index in [1.807, 2.05) is 0 Å². The molecule has 0 fully saturated rings. The van der Waals surface area contributed by atoms with Crippen LogP contribution in [0.1, 0.15) is 95.1 Å². The van der Waals surface area contributed by atoms with Gasteiger partial charge in [-0.25, -0.2) is 4.98 Å². The Kier molecular flexibility index (Phi) is 10.9. The van der Waals surface area contributed by atoms with E-state index < -0.39 is 0 Å². The number of unbranched alkanes of at least 4 members (excludes halogenated alkanes) is 7. The Morgan fingerprint density at radius 1 is 0.704 bits per heavy atom. The smallest absolute Gasteiger partial charge is 0.108 e. The monoisotopic (exact) mass is 368 g/mol. The highest BCUT2D eigenvalue weighted by atomic mass is 15.1. The highest BCUT2D eigenvalue weighted by Gasteiger charge is 2.08. The van der Waals surface area contributed by atoms with Gasteiger partial charge in [-0.2, -0.15) is 0 Å². The third kappa shape index (κ3) is 8.77. The minimum absolute atomic E-state index is 1.10. The van der Waals surface area contributed by atoms with Crippen LogP contribution >= 0.6 is 0 Å². The number of hydrogen-bond acceptors (Lipinski definition) is 1. The van der Waals surface area contributed by atoms with Gasteiger partial charge in [-0.15, -0.1) is 0 Å². The van der Waals surface area contributed by atoms with Crippen LogP contribution < -0.4 is 0 Å². The molecule has 2 rings (SSSR count). The highest BCUT2D eigenvalue weighted by Crippen LogP contribution is 2.14. The zero-order valence-corrected chi connectivity index (χ0v) is 17.8. The van der Waals surface area contributed by atoms with Crippen molar-refractivity contribution in [1.29, 1.82) is 0 Å². The lowest BCUT2D eigenvalue weighted by atomic mass is 10.1. The molecule has 150 valence electrons. The standard InChI is InChI=1S/C25H40N2/c1-3-5-7-8-9-14-21-27-22-24(26-25(27)20-11-6-4-2)19-15-18-23-16-12-10-13-17-23/h10,12-13,16-17,22H,3-9,11,14-15,18-21H2,1-2H3. The van der Waals surface area contributed by atoms with Crippen LogP contribution in [0.2, 0.25) is 0 Å². The molecule has 0 aliphatic heterocycles. The summed E-state index contributed by atoms with van der Waals surface area (Å²) in [4.78, 5) is 5.00. The van der Waals surface area contributed by atoms with Gasteiger partial charge in [0, 0.05) is 19.2 Å². The second-order valence-corrected chi connectivity index (χ2v) is 7.91. The Labute approximate surface area is 167 Å². The van der Waals surface area contributed by atoms with Crippen molar-refractivity contribution in [3.8, 4) is 0 Å². The number of nitrogens with zero attached hydrogens (tertiary/aromatic N) is 2. The molecule has 0 N–H and O–H groups in total. The first kappa shape index (κ1) is 21.7. The van der Waals surface area contributed by atoms with Crippen molar-refractivity contribution in [3.63, 3.8) is 0 Å². The van der Waals surface area contributed by atoms with Gasteiger partial charge in [-0.3, -0.25) is 0 Å². The number of rotatable bonds is 15. The normalized spacial score (nSPS) is 11.2. The molecule has 0 saturated heterocycles. The Hall–Kier alpha value is -1.57. The lowest BCUT2D eigenvalue weighted by Gasteiger charge is -2.07. The first-order valence-electron chi connectivity index (χ1n) is 11.4. The number of aryl methyl sites for hydroxylation is 4. The Morgan fingerprint density at radius 2 is 1.41 bits per heavy atom. The van der Waals surface area contributed by atoms with Crippen LogP contribution in [0.4, 0.5) is 0 Å². The van der Waals surface area contributed by atoms with Gasteiger partial charge in [-0.1, -0.05) is 89.1 Å². The summed E-state index contributed by atoms with van der Waals surface area (Å²) < 4.78 is 2.47. The molecule has 2 aromatic rings. The SMILES string of the molecule is CCCCCCCCn1cc(CCCc2ccccc2)nc1CCCCC. The molecule has 1 aromatic heterocycles. The molecular formula is C25H40N2. The number of hydrogen-bond donors (Lipinski definition) is 0. The van der Waals surface area contributed by atoms with Gasteiger partial charge >= 0.3 is 0 Å². The maximum absolute atomic E-state index is 5.00. The fourth-order valence-electron chi connectivity index (χ4n) is 3.74. The molecule has 0 radical (unpaired) electrons. The van der Waals surface area contributed by atoms with E-state index in [-0.39, 0.29) is 0 Å². The summed E-state index contributed by atoms with van der Waals surface area (Å²) in [5.41, 5.74) is 2.73. The Bertz CT molecular complexity index is 600. The van der Waals surface area contributed by atoms with E-state index in [2.05, 4.69) is 54.9 Å². The summed E-state index contributed by atoms with van der Waals surface area (Å²) in [6, 6.07) is 10.8. The van der Waals surface area contributed by atoms with Gasteiger partial charge in [0.25, 0.3) is 0 Å². The molecule has 0 aliphatic carbocycles. The van der Waals surface area contributed by atoms with E-state index >= 15 is 0 Å². The molecule has 0 aliphatic rings. The lowest BCUT2D eigenvalue weighted by molar-refractivity contribution is 0.540. The first-order chi connectivity index (χ1) is 13.3.